The number of carbonyl (C=O) groups excluding carboxylic acids is 1. The number of hydrogen-bond donors (Lipinski definition) is 1. The molecule has 106 valence electrons. The van der Waals surface area contributed by atoms with Gasteiger partial charge in [-0.2, -0.15) is 0 Å². The van der Waals surface area contributed by atoms with E-state index in [0.29, 0.717) is 4.99 Å². The number of hydrogen-bond acceptors (Lipinski definition) is 2. The first-order valence-corrected chi connectivity index (χ1v) is 7.76. The number of carbonyl (C=O) groups is 1. The molecule has 1 aliphatic carbocycles. The fraction of sp³-hybridized carbons (Fsp3) is 0.500. The third-order valence-electron chi connectivity index (χ3n) is 4.69. The van der Waals surface area contributed by atoms with Crippen LogP contribution in [-0.2, 0) is 11.2 Å². The fourth-order valence-corrected chi connectivity index (χ4v) is 3.84. The van der Waals surface area contributed by atoms with Crippen LogP contribution in [0.1, 0.15) is 37.7 Å². The summed E-state index contributed by atoms with van der Waals surface area (Å²) in [6.07, 6.45) is 5.74. The van der Waals surface area contributed by atoms with Gasteiger partial charge in [0.05, 0.1) is 10.4 Å². The molecule has 1 saturated carbocycles. The van der Waals surface area contributed by atoms with Gasteiger partial charge in [0.1, 0.15) is 0 Å². The molecule has 1 fully saturated rings. The molecule has 2 N–H and O–H groups in total. The topological polar surface area (TPSA) is 46.3 Å². The molecule has 2 aliphatic rings. The third kappa shape index (κ3) is 2.03. The van der Waals surface area contributed by atoms with Crippen molar-refractivity contribution in [3.05, 3.63) is 29.8 Å². The number of anilines is 1. The van der Waals surface area contributed by atoms with Gasteiger partial charge in [0, 0.05) is 12.2 Å². The van der Waals surface area contributed by atoms with Gasteiger partial charge in [-0.3, -0.25) is 4.79 Å². The monoisotopic (exact) mass is 288 g/mol. The minimum atomic E-state index is -0.597. The van der Waals surface area contributed by atoms with Gasteiger partial charge in [-0.05, 0) is 37.3 Å². The lowest BCUT2D eigenvalue weighted by atomic mass is 9.83. The predicted octanol–water partition coefficient (Wildman–Crippen LogP) is 2.81. The van der Waals surface area contributed by atoms with Gasteiger partial charge >= 0.3 is 0 Å². The summed E-state index contributed by atoms with van der Waals surface area (Å²) in [5.41, 5.74) is 7.65. The maximum Gasteiger partial charge on any atom is 0.240 e. The number of benzene rings is 1. The second-order valence-corrected chi connectivity index (χ2v) is 6.28. The summed E-state index contributed by atoms with van der Waals surface area (Å²) in [5.74, 6) is 0.120. The van der Waals surface area contributed by atoms with E-state index in [4.69, 9.17) is 18.0 Å². The van der Waals surface area contributed by atoms with Crippen LogP contribution in [0, 0.1) is 5.41 Å². The summed E-state index contributed by atoms with van der Waals surface area (Å²) in [4.78, 5) is 15.4. The highest BCUT2D eigenvalue weighted by Gasteiger charge is 2.46. The maximum atomic E-state index is 13.1. The van der Waals surface area contributed by atoms with Crippen LogP contribution in [0.15, 0.2) is 24.3 Å². The van der Waals surface area contributed by atoms with Crippen LogP contribution in [0.4, 0.5) is 5.69 Å². The van der Waals surface area contributed by atoms with E-state index in [-0.39, 0.29) is 5.91 Å². The molecule has 0 radical (unpaired) electrons. The van der Waals surface area contributed by atoms with Crippen molar-refractivity contribution in [2.24, 2.45) is 11.1 Å². The summed E-state index contributed by atoms with van der Waals surface area (Å²) in [6.45, 7) is 0.778. The molecule has 1 aromatic carbocycles. The van der Waals surface area contributed by atoms with Crippen molar-refractivity contribution in [3.8, 4) is 0 Å². The number of para-hydroxylation sites is 1. The quantitative estimate of drug-likeness (QED) is 0.851. The molecular weight excluding hydrogens is 268 g/mol. The highest BCUT2D eigenvalue weighted by atomic mass is 32.1. The van der Waals surface area contributed by atoms with E-state index in [1.165, 1.54) is 5.56 Å². The predicted molar refractivity (Wildman–Crippen MR) is 84.8 cm³/mol. The molecule has 4 heteroatoms. The van der Waals surface area contributed by atoms with Crippen LogP contribution in [0.3, 0.4) is 0 Å². The molecule has 1 amide bonds. The Morgan fingerprint density at radius 3 is 2.60 bits per heavy atom. The first-order chi connectivity index (χ1) is 9.65. The Bertz CT molecular complexity index is 549. The summed E-state index contributed by atoms with van der Waals surface area (Å²) < 4.78 is 0. The van der Waals surface area contributed by atoms with Crippen molar-refractivity contribution < 1.29 is 4.79 Å². The van der Waals surface area contributed by atoms with Crippen LogP contribution < -0.4 is 10.6 Å². The first kappa shape index (κ1) is 13.6. The van der Waals surface area contributed by atoms with Gasteiger partial charge in [0.2, 0.25) is 5.91 Å². The van der Waals surface area contributed by atoms with Crippen molar-refractivity contribution in [2.45, 2.75) is 38.5 Å². The minimum absolute atomic E-state index is 0.120. The zero-order chi connectivity index (χ0) is 14.2. The molecule has 0 bridgehead atoms. The lowest BCUT2D eigenvalue weighted by Crippen LogP contribution is -2.50. The number of amides is 1. The Kier molecular flexibility index (Phi) is 3.50. The largest absolute Gasteiger partial charge is 0.392 e. The normalized spacial score (nSPS) is 20.5. The van der Waals surface area contributed by atoms with Crippen molar-refractivity contribution in [1.82, 2.24) is 0 Å². The summed E-state index contributed by atoms with van der Waals surface area (Å²) >= 11 is 5.24. The van der Waals surface area contributed by atoms with Gasteiger partial charge in [-0.15, -0.1) is 0 Å². The molecule has 20 heavy (non-hydrogen) atoms. The number of aryl methyl sites for hydroxylation is 1. The second-order valence-electron chi connectivity index (χ2n) is 5.84. The number of rotatable bonds is 2. The zero-order valence-corrected chi connectivity index (χ0v) is 12.4. The van der Waals surface area contributed by atoms with Gasteiger partial charge in [-0.25, -0.2) is 0 Å². The SMILES string of the molecule is NC(=S)C1(C(=O)N2CCCc3ccccc32)CCCC1. The number of fused-ring (bicyclic) bond motifs is 1. The molecule has 1 aromatic rings. The highest BCUT2D eigenvalue weighted by molar-refractivity contribution is 7.80. The van der Waals surface area contributed by atoms with Gasteiger partial charge < -0.3 is 10.6 Å². The summed E-state index contributed by atoms with van der Waals surface area (Å²) in [7, 11) is 0. The Balaban J connectivity index is 1.97. The number of nitrogens with two attached hydrogens (primary N) is 1. The molecule has 1 aliphatic heterocycles. The van der Waals surface area contributed by atoms with Crippen molar-refractivity contribution in [2.75, 3.05) is 11.4 Å². The smallest absolute Gasteiger partial charge is 0.240 e. The van der Waals surface area contributed by atoms with Gasteiger partial charge in [0.25, 0.3) is 0 Å². The summed E-state index contributed by atoms with van der Waals surface area (Å²) in [5, 5.41) is 0. The second kappa shape index (κ2) is 5.17. The maximum absolute atomic E-state index is 13.1. The molecule has 3 rings (SSSR count). The first-order valence-electron chi connectivity index (χ1n) is 7.35. The van der Waals surface area contributed by atoms with Gasteiger partial charge in [-0.1, -0.05) is 43.3 Å². The molecular formula is C16H20N2OS. The average molecular weight is 288 g/mol. The van der Waals surface area contributed by atoms with Crippen LogP contribution >= 0.6 is 12.2 Å². The average Bonchev–Trinajstić information content (AvgIpc) is 2.97. The van der Waals surface area contributed by atoms with Crippen LogP contribution in [-0.4, -0.2) is 17.4 Å². The Labute approximate surface area is 125 Å². The third-order valence-corrected chi connectivity index (χ3v) is 5.08. The van der Waals surface area contributed by atoms with E-state index in [1.807, 2.05) is 23.1 Å². The standard InChI is InChI=1S/C16H20N2OS/c17-14(20)16(9-3-4-10-16)15(19)18-11-5-7-12-6-1-2-8-13(12)18/h1-2,6,8H,3-5,7,9-11H2,(H2,17,20). The van der Waals surface area contributed by atoms with Crippen LogP contribution in [0.25, 0.3) is 0 Å². The van der Waals surface area contributed by atoms with Crippen molar-refractivity contribution >= 4 is 28.8 Å². The van der Waals surface area contributed by atoms with Gasteiger partial charge in [0.15, 0.2) is 0 Å². The Hall–Kier alpha value is -1.42. The van der Waals surface area contributed by atoms with Crippen LogP contribution in [0.2, 0.25) is 0 Å². The highest BCUT2D eigenvalue weighted by Crippen LogP contribution is 2.42. The van der Waals surface area contributed by atoms with Crippen molar-refractivity contribution in [1.29, 1.82) is 0 Å². The Morgan fingerprint density at radius 2 is 1.90 bits per heavy atom. The molecule has 0 atom stereocenters. The molecule has 0 unspecified atom stereocenters. The van der Waals surface area contributed by atoms with E-state index >= 15 is 0 Å². The lowest BCUT2D eigenvalue weighted by molar-refractivity contribution is -0.124. The van der Waals surface area contributed by atoms with E-state index in [1.54, 1.807) is 0 Å². The molecule has 0 spiro atoms. The summed E-state index contributed by atoms with van der Waals surface area (Å²) in [6, 6.07) is 8.17. The van der Waals surface area contributed by atoms with E-state index < -0.39 is 5.41 Å². The molecule has 3 nitrogen and oxygen atoms in total. The number of nitrogens with zero attached hydrogens (tertiary/aromatic N) is 1. The number of thiocarbonyl (C=S) groups is 1. The molecule has 0 aromatic heterocycles. The Morgan fingerprint density at radius 1 is 1.20 bits per heavy atom. The minimum Gasteiger partial charge on any atom is -0.392 e. The van der Waals surface area contributed by atoms with E-state index in [2.05, 4.69) is 6.07 Å². The fourth-order valence-electron chi connectivity index (χ4n) is 3.55. The van der Waals surface area contributed by atoms with Crippen molar-refractivity contribution in [3.63, 3.8) is 0 Å². The molecule has 1 heterocycles. The molecule has 0 saturated heterocycles. The lowest BCUT2D eigenvalue weighted by Gasteiger charge is -2.36. The van der Waals surface area contributed by atoms with E-state index in [0.717, 1.165) is 50.8 Å². The van der Waals surface area contributed by atoms with Crippen LogP contribution in [0.5, 0.6) is 0 Å². The zero-order valence-electron chi connectivity index (χ0n) is 11.6. The van der Waals surface area contributed by atoms with E-state index in [9.17, 15) is 4.79 Å².